The van der Waals surface area contributed by atoms with E-state index in [9.17, 15) is 8.42 Å². The van der Waals surface area contributed by atoms with Crippen LogP contribution in [-0.4, -0.2) is 31.0 Å². The molecule has 2 N–H and O–H groups in total. The van der Waals surface area contributed by atoms with Crippen molar-refractivity contribution >= 4 is 21.6 Å². The Kier molecular flexibility index (Phi) is 2.74. The average Bonchev–Trinajstić information content (AvgIpc) is 2.77. The number of H-pyrrole nitrogens is 1. The first-order valence-electron chi connectivity index (χ1n) is 4.62. The molecule has 0 aliphatic heterocycles. The summed E-state index contributed by atoms with van der Waals surface area (Å²) in [4.78, 5) is 0.160. The predicted molar refractivity (Wildman–Crippen MR) is 56.2 cm³/mol. The van der Waals surface area contributed by atoms with Gasteiger partial charge in [0.25, 0.3) is 0 Å². The standard InChI is InChI=1S/C8H12ClN3O2S/c9-5-8(1-2-8)6-12-15(13,14)7-3-10-11-4-7/h3-4,12H,1-2,5-6H2,(H,10,11). The third-order valence-electron chi connectivity index (χ3n) is 2.66. The van der Waals surface area contributed by atoms with E-state index < -0.39 is 10.0 Å². The van der Waals surface area contributed by atoms with Crippen LogP contribution in [0, 0.1) is 5.41 Å². The SMILES string of the molecule is O=S(=O)(NCC1(CCl)CC1)c1cn[nH]c1. The van der Waals surface area contributed by atoms with Gasteiger partial charge in [0.1, 0.15) is 4.90 Å². The largest absolute Gasteiger partial charge is 0.284 e. The third-order valence-corrected chi connectivity index (χ3v) is 4.60. The van der Waals surface area contributed by atoms with Crippen LogP contribution >= 0.6 is 11.6 Å². The Morgan fingerprint density at radius 3 is 2.80 bits per heavy atom. The minimum atomic E-state index is -3.42. The molecule has 0 atom stereocenters. The van der Waals surface area contributed by atoms with Crippen molar-refractivity contribution in [3.8, 4) is 0 Å². The first kappa shape index (κ1) is 10.9. The molecular weight excluding hydrogens is 238 g/mol. The van der Waals surface area contributed by atoms with E-state index in [0.717, 1.165) is 12.8 Å². The maximum Gasteiger partial charge on any atom is 0.243 e. The highest BCUT2D eigenvalue weighted by molar-refractivity contribution is 7.89. The molecule has 2 rings (SSSR count). The Hall–Kier alpha value is -0.590. The minimum absolute atomic E-state index is 0.0155. The summed E-state index contributed by atoms with van der Waals surface area (Å²) in [7, 11) is -3.42. The molecule has 0 unspecified atom stereocenters. The highest BCUT2D eigenvalue weighted by Gasteiger charge is 2.42. The number of hydrogen-bond acceptors (Lipinski definition) is 3. The molecule has 0 spiro atoms. The molecule has 1 aliphatic rings. The van der Waals surface area contributed by atoms with E-state index in [-0.39, 0.29) is 10.3 Å². The van der Waals surface area contributed by atoms with Gasteiger partial charge in [0.15, 0.2) is 0 Å². The van der Waals surface area contributed by atoms with Crippen molar-refractivity contribution in [1.82, 2.24) is 14.9 Å². The summed E-state index contributed by atoms with van der Waals surface area (Å²) >= 11 is 5.76. The maximum absolute atomic E-state index is 11.7. The zero-order valence-electron chi connectivity index (χ0n) is 8.03. The van der Waals surface area contributed by atoms with E-state index >= 15 is 0 Å². The van der Waals surface area contributed by atoms with Crippen LogP contribution in [-0.2, 0) is 10.0 Å². The molecule has 0 amide bonds. The lowest BCUT2D eigenvalue weighted by Crippen LogP contribution is -2.30. The number of nitrogens with one attached hydrogen (secondary N) is 2. The van der Waals surface area contributed by atoms with E-state index in [0.29, 0.717) is 12.4 Å². The number of aromatic nitrogens is 2. The number of hydrogen-bond donors (Lipinski definition) is 2. The molecule has 1 aromatic rings. The number of nitrogens with zero attached hydrogens (tertiary/aromatic N) is 1. The van der Waals surface area contributed by atoms with Gasteiger partial charge >= 0.3 is 0 Å². The van der Waals surface area contributed by atoms with Crippen LogP contribution in [0.5, 0.6) is 0 Å². The molecular formula is C8H12ClN3O2S. The molecule has 84 valence electrons. The Morgan fingerprint density at radius 2 is 2.33 bits per heavy atom. The third kappa shape index (κ3) is 2.32. The number of sulfonamides is 1. The van der Waals surface area contributed by atoms with Gasteiger partial charge in [0.05, 0.1) is 6.20 Å². The molecule has 5 nitrogen and oxygen atoms in total. The van der Waals surface area contributed by atoms with Crippen molar-refractivity contribution in [3.63, 3.8) is 0 Å². The normalized spacial score (nSPS) is 19.0. The second-order valence-corrected chi connectivity index (χ2v) is 5.93. The van der Waals surface area contributed by atoms with Crippen LogP contribution in [0.2, 0.25) is 0 Å². The molecule has 0 aromatic carbocycles. The van der Waals surface area contributed by atoms with Crippen LogP contribution in [0.1, 0.15) is 12.8 Å². The molecule has 1 saturated carbocycles. The molecule has 1 fully saturated rings. The Labute approximate surface area is 93.3 Å². The molecule has 15 heavy (non-hydrogen) atoms. The lowest BCUT2D eigenvalue weighted by Gasteiger charge is -2.11. The van der Waals surface area contributed by atoms with Crippen molar-refractivity contribution in [2.24, 2.45) is 5.41 Å². The average molecular weight is 250 g/mol. The molecule has 7 heteroatoms. The quantitative estimate of drug-likeness (QED) is 0.755. The summed E-state index contributed by atoms with van der Waals surface area (Å²) in [5.74, 6) is 0.501. The maximum atomic E-state index is 11.7. The van der Waals surface area contributed by atoms with Gasteiger partial charge in [0.2, 0.25) is 10.0 Å². The summed E-state index contributed by atoms with van der Waals surface area (Å²) in [5.41, 5.74) is -0.0155. The predicted octanol–water partition coefficient (Wildman–Crippen LogP) is 0.707. The Balaban J connectivity index is 2.00. The molecule has 0 radical (unpaired) electrons. The summed E-state index contributed by atoms with van der Waals surface area (Å²) in [5, 5.41) is 6.07. The van der Waals surface area contributed by atoms with Crippen molar-refractivity contribution in [3.05, 3.63) is 12.4 Å². The van der Waals surface area contributed by atoms with Gasteiger partial charge in [-0.25, -0.2) is 13.1 Å². The van der Waals surface area contributed by atoms with Gasteiger partial charge in [-0.05, 0) is 18.3 Å². The zero-order valence-corrected chi connectivity index (χ0v) is 9.61. The fourth-order valence-corrected chi connectivity index (χ4v) is 2.68. The van der Waals surface area contributed by atoms with E-state index in [1.54, 1.807) is 0 Å². The fourth-order valence-electron chi connectivity index (χ4n) is 1.25. The van der Waals surface area contributed by atoms with Crippen LogP contribution in [0.3, 0.4) is 0 Å². The van der Waals surface area contributed by atoms with Crippen LogP contribution in [0.4, 0.5) is 0 Å². The van der Waals surface area contributed by atoms with E-state index in [1.807, 2.05) is 0 Å². The van der Waals surface area contributed by atoms with Crippen molar-refractivity contribution in [2.45, 2.75) is 17.7 Å². The number of alkyl halides is 1. The zero-order chi connectivity index (χ0) is 10.9. The van der Waals surface area contributed by atoms with Gasteiger partial charge in [-0.15, -0.1) is 11.6 Å². The Bertz CT molecular complexity index is 425. The van der Waals surface area contributed by atoms with Crippen molar-refractivity contribution in [1.29, 1.82) is 0 Å². The molecule has 1 aromatic heterocycles. The van der Waals surface area contributed by atoms with Crippen molar-refractivity contribution < 1.29 is 8.42 Å². The van der Waals surface area contributed by atoms with Crippen LogP contribution in [0.25, 0.3) is 0 Å². The highest BCUT2D eigenvalue weighted by atomic mass is 35.5. The van der Waals surface area contributed by atoms with Gasteiger partial charge in [-0.3, -0.25) is 5.10 Å². The summed E-state index contributed by atoms with van der Waals surface area (Å²) in [6.07, 6.45) is 4.61. The first-order valence-corrected chi connectivity index (χ1v) is 6.64. The number of aromatic amines is 1. The van der Waals surface area contributed by atoms with Crippen LogP contribution in [0.15, 0.2) is 17.3 Å². The first-order chi connectivity index (χ1) is 7.08. The highest BCUT2D eigenvalue weighted by Crippen LogP contribution is 2.46. The van der Waals surface area contributed by atoms with Gasteiger partial charge in [-0.1, -0.05) is 0 Å². The van der Waals surface area contributed by atoms with E-state index in [4.69, 9.17) is 11.6 Å². The second-order valence-electron chi connectivity index (χ2n) is 3.89. The molecule has 1 heterocycles. The lowest BCUT2D eigenvalue weighted by molar-refractivity contribution is 0.534. The van der Waals surface area contributed by atoms with Crippen molar-refractivity contribution in [2.75, 3.05) is 12.4 Å². The minimum Gasteiger partial charge on any atom is -0.284 e. The van der Waals surface area contributed by atoms with Gasteiger partial charge in [-0.2, -0.15) is 5.10 Å². The molecule has 0 saturated heterocycles. The topological polar surface area (TPSA) is 74.8 Å². The molecule has 0 bridgehead atoms. The van der Waals surface area contributed by atoms with Gasteiger partial charge in [0, 0.05) is 18.6 Å². The van der Waals surface area contributed by atoms with Crippen LogP contribution < -0.4 is 4.72 Å². The summed E-state index contributed by atoms with van der Waals surface area (Å²) in [6.45, 7) is 0.407. The lowest BCUT2D eigenvalue weighted by atomic mass is 10.1. The summed E-state index contributed by atoms with van der Waals surface area (Å²) in [6, 6.07) is 0. The van der Waals surface area contributed by atoms with Gasteiger partial charge < -0.3 is 0 Å². The number of halogens is 1. The fraction of sp³-hybridized carbons (Fsp3) is 0.625. The molecule has 1 aliphatic carbocycles. The number of rotatable bonds is 5. The van der Waals surface area contributed by atoms with E-state index in [1.165, 1.54) is 12.4 Å². The summed E-state index contributed by atoms with van der Waals surface area (Å²) < 4.78 is 25.9. The second kappa shape index (κ2) is 3.77. The monoisotopic (exact) mass is 249 g/mol. The van der Waals surface area contributed by atoms with E-state index in [2.05, 4.69) is 14.9 Å². The smallest absolute Gasteiger partial charge is 0.243 e. The Morgan fingerprint density at radius 1 is 1.60 bits per heavy atom.